The molecular weight excluding hydrogens is 386 g/mol. The van der Waals surface area contributed by atoms with Crippen molar-refractivity contribution in [1.82, 2.24) is 10.2 Å². The van der Waals surface area contributed by atoms with E-state index in [0.717, 1.165) is 31.4 Å². The van der Waals surface area contributed by atoms with Crippen molar-refractivity contribution in [3.63, 3.8) is 0 Å². The number of fused-ring (bicyclic) bond motifs is 1. The summed E-state index contributed by atoms with van der Waals surface area (Å²) in [6.07, 6.45) is 4.40. The van der Waals surface area contributed by atoms with Crippen LogP contribution in [0.4, 0.5) is 8.78 Å². The Balaban J connectivity index is 1.29. The molecule has 0 aromatic heterocycles. The van der Waals surface area contributed by atoms with Crippen LogP contribution in [-0.2, 0) is 11.2 Å². The van der Waals surface area contributed by atoms with E-state index in [1.165, 1.54) is 22.1 Å². The number of nitrogens with zero attached hydrogens (tertiary/aromatic N) is 1. The highest BCUT2D eigenvalue weighted by Gasteiger charge is 2.29. The van der Waals surface area contributed by atoms with Crippen molar-refractivity contribution in [2.75, 3.05) is 19.6 Å². The van der Waals surface area contributed by atoms with E-state index < -0.39 is 17.5 Å². The minimum atomic E-state index is -0.854. The summed E-state index contributed by atoms with van der Waals surface area (Å²) in [6.45, 7) is 1.41. The van der Waals surface area contributed by atoms with Crippen LogP contribution in [0.1, 0.15) is 53.1 Å². The molecule has 1 N–H and O–H groups in total. The first kappa shape index (κ1) is 20.5. The van der Waals surface area contributed by atoms with Crippen molar-refractivity contribution in [3.8, 4) is 0 Å². The van der Waals surface area contributed by atoms with Gasteiger partial charge in [-0.05, 0) is 55.4 Å². The Kier molecular flexibility index (Phi) is 6.11. The third kappa shape index (κ3) is 4.37. The fourth-order valence-corrected chi connectivity index (χ4v) is 4.61. The van der Waals surface area contributed by atoms with E-state index in [4.69, 9.17) is 0 Å². The molecule has 1 atom stereocenters. The highest BCUT2D eigenvalue weighted by Crippen LogP contribution is 2.31. The number of piperidine rings is 1. The van der Waals surface area contributed by atoms with Gasteiger partial charge in [-0.3, -0.25) is 9.59 Å². The fraction of sp³-hybridized carbons (Fsp3) is 0.417. The smallest absolute Gasteiger partial charge is 0.256 e. The number of nitrogens with one attached hydrogen (secondary N) is 1. The van der Waals surface area contributed by atoms with E-state index in [-0.39, 0.29) is 17.4 Å². The van der Waals surface area contributed by atoms with Gasteiger partial charge in [-0.15, -0.1) is 0 Å². The molecule has 0 bridgehead atoms. The van der Waals surface area contributed by atoms with Gasteiger partial charge in [-0.1, -0.05) is 24.3 Å². The molecule has 2 amide bonds. The normalized spacial score (nSPS) is 19.3. The molecule has 1 unspecified atom stereocenters. The largest absolute Gasteiger partial charge is 0.355 e. The van der Waals surface area contributed by atoms with Crippen LogP contribution in [0.15, 0.2) is 42.5 Å². The summed E-state index contributed by atoms with van der Waals surface area (Å²) in [4.78, 5) is 26.7. The van der Waals surface area contributed by atoms with Gasteiger partial charge in [-0.2, -0.15) is 0 Å². The van der Waals surface area contributed by atoms with Crippen LogP contribution in [0, 0.1) is 17.6 Å². The average molecular weight is 412 g/mol. The van der Waals surface area contributed by atoms with Crippen molar-refractivity contribution in [1.29, 1.82) is 0 Å². The lowest BCUT2D eigenvalue weighted by molar-refractivity contribution is -0.126. The molecule has 4 rings (SSSR count). The van der Waals surface area contributed by atoms with Crippen LogP contribution in [0.5, 0.6) is 0 Å². The van der Waals surface area contributed by atoms with E-state index >= 15 is 0 Å². The van der Waals surface area contributed by atoms with E-state index in [1.54, 1.807) is 0 Å². The Bertz CT molecular complexity index is 939. The van der Waals surface area contributed by atoms with Crippen molar-refractivity contribution in [2.24, 2.45) is 5.92 Å². The number of hydrogen-bond donors (Lipinski definition) is 1. The first-order valence-electron chi connectivity index (χ1n) is 10.6. The standard InChI is InChI=1S/C24H26F2N2O2/c25-19-8-9-21(22(26)14-19)24(30)28-12-10-17(11-13-28)23(29)27-15-18-6-3-5-16-4-1-2-7-20(16)18/h1-2,4,7-9,14,17-18H,3,5-6,10-13,15H2,(H,27,29). The van der Waals surface area contributed by atoms with Crippen LogP contribution in [0.25, 0.3) is 0 Å². The zero-order valence-corrected chi connectivity index (χ0v) is 16.9. The molecule has 2 aromatic carbocycles. The van der Waals surface area contributed by atoms with Gasteiger partial charge in [0.15, 0.2) is 0 Å². The molecule has 4 nitrogen and oxygen atoms in total. The zero-order valence-electron chi connectivity index (χ0n) is 16.9. The van der Waals surface area contributed by atoms with Crippen LogP contribution in [-0.4, -0.2) is 36.3 Å². The van der Waals surface area contributed by atoms with E-state index in [0.29, 0.717) is 38.4 Å². The summed E-state index contributed by atoms with van der Waals surface area (Å²) in [5.41, 5.74) is 2.59. The highest BCUT2D eigenvalue weighted by molar-refractivity contribution is 5.94. The van der Waals surface area contributed by atoms with Crippen LogP contribution >= 0.6 is 0 Å². The number of amides is 2. The van der Waals surface area contributed by atoms with Crippen molar-refractivity contribution >= 4 is 11.8 Å². The number of carbonyl (C=O) groups is 2. The fourth-order valence-electron chi connectivity index (χ4n) is 4.61. The summed E-state index contributed by atoms with van der Waals surface area (Å²) in [6, 6.07) is 11.4. The van der Waals surface area contributed by atoms with Gasteiger partial charge in [0, 0.05) is 37.5 Å². The van der Waals surface area contributed by atoms with Crippen molar-refractivity contribution < 1.29 is 18.4 Å². The lowest BCUT2D eigenvalue weighted by Crippen LogP contribution is -2.44. The van der Waals surface area contributed by atoms with Gasteiger partial charge < -0.3 is 10.2 Å². The molecule has 1 aliphatic carbocycles. The Hall–Kier alpha value is -2.76. The van der Waals surface area contributed by atoms with Crippen molar-refractivity contribution in [2.45, 2.75) is 38.0 Å². The minimum absolute atomic E-state index is 0.0260. The summed E-state index contributed by atoms with van der Waals surface area (Å²) >= 11 is 0. The number of aryl methyl sites for hydroxylation is 1. The van der Waals surface area contributed by atoms with Gasteiger partial charge >= 0.3 is 0 Å². The molecule has 0 saturated carbocycles. The van der Waals surface area contributed by atoms with E-state index in [9.17, 15) is 18.4 Å². The van der Waals surface area contributed by atoms with Gasteiger partial charge in [0.25, 0.3) is 5.91 Å². The maximum absolute atomic E-state index is 13.9. The molecule has 0 radical (unpaired) electrons. The Morgan fingerprint density at radius 1 is 1.03 bits per heavy atom. The van der Waals surface area contributed by atoms with E-state index in [1.807, 2.05) is 0 Å². The zero-order chi connectivity index (χ0) is 21.1. The Morgan fingerprint density at radius 2 is 1.80 bits per heavy atom. The summed E-state index contributed by atoms with van der Waals surface area (Å²) in [5, 5.41) is 3.11. The van der Waals surface area contributed by atoms with Crippen LogP contribution in [0.3, 0.4) is 0 Å². The number of carbonyl (C=O) groups excluding carboxylic acids is 2. The molecule has 30 heavy (non-hydrogen) atoms. The molecule has 1 heterocycles. The lowest BCUT2D eigenvalue weighted by atomic mass is 9.82. The van der Waals surface area contributed by atoms with Gasteiger partial charge in [-0.25, -0.2) is 8.78 Å². The minimum Gasteiger partial charge on any atom is -0.355 e. The summed E-state index contributed by atoms with van der Waals surface area (Å²) in [7, 11) is 0. The number of likely N-dealkylation sites (tertiary alicyclic amines) is 1. The third-order valence-electron chi connectivity index (χ3n) is 6.33. The molecule has 1 aliphatic heterocycles. The monoisotopic (exact) mass is 412 g/mol. The quantitative estimate of drug-likeness (QED) is 0.824. The Morgan fingerprint density at radius 3 is 2.57 bits per heavy atom. The molecule has 6 heteroatoms. The summed E-state index contributed by atoms with van der Waals surface area (Å²) < 4.78 is 27.0. The Labute approximate surface area is 175 Å². The second-order valence-electron chi connectivity index (χ2n) is 8.22. The third-order valence-corrected chi connectivity index (χ3v) is 6.33. The van der Waals surface area contributed by atoms with Gasteiger partial charge in [0.05, 0.1) is 5.56 Å². The second kappa shape index (κ2) is 8.94. The molecule has 1 saturated heterocycles. The number of benzene rings is 2. The number of hydrogen-bond acceptors (Lipinski definition) is 2. The summed E-state index contributed by atoms with van der Waals surface area (Å²) in [5.74, 6) is -1.79. The number of rotatable bonds is 4. The molecule has 0 spiro atoms. The first-order valence-corrected chi connectivity index (χ1v) is 10.6. The van der Waals surface area contributed by atoms with E-state index in [2.05, 4.69) is 29.6 Å². The maximum Gasteiger partial charge on any atom is 0.256 e. The first-order chi connectivity index (χ1) is 14.5. The maximum atomic E-state index is 13.9. The van der Waals surface area contributed by atoms with Crippen LogP contribution < -0.4 is 5.32 Å². The second-order valence-corrected chi connectivity index (χ2v) is 8.22. The van der Waals surface area contributed by atoms with Gasteiger partial charge in [0.1, 0.15) is 11.6 Å². The lowest BCUT2D eigenvalue weighted by Gasteiger charge is -2.32. The predicted octanol–water partition coefficient (Wildman–Crippen LogP) is 4.05. The highest BCUT2D eigenvalue weighted by atomic mass is 19.1. The molecule has 2 aromatic rings. The molecule has 158 valence electrons. The van der Waals surface area contributed by atoms with Crippen LogP contribution in [0.2, 0.25) is 0 Å². The van der Waals surface area contributed by atoms with Gasteiger partial charge in [0.2, 0.25) is 5.91 Å². The number of halogens is 2. The molecule has 1 fully saturated rings. The molecular formula is C24H26F2N2O2. The van der Waals surface area contributed by atoms with Crippen molar-refractivity contribution in [3.05, 3.63) is 70.8 Å². The average Bonchev–Trinajstić information content (AvgIpc) is 2.77. The SMILES string of the molecule is O=C(NCC1CCCc2ccccc21)C1CCN(C(=O)c2ccc(F)cc2F)CC1. The molecule has 2 aliphatic rings. The topological polar surface area (TPSA) is 49.4 Å². The predicted molar refractivity (Wildman–Crippen MR) is 110 cm³/mol.